The van der Waals surface area contributed by atoms with Crippen molar-refractivity contribution in [3.8, 4) is 0 Å². The third-order valence-corrected chi connectivity index (χ3v) is 10.2. The van der Waals surface area contributed by atoms with Gasteiger partial charge in [0.25, 0.3) is 16.1 Å². The second-order valence-corrected chi connectivity index (χ2v) is 14.1. The molecule has 1 aromatic carbocycles. The second kappa shape index (κ2) is 11.2. The number of hydrogen-bond acceptors (Lipinski definition) is 7. The molecule has 10 nitrogen and oxygen atoms in total. The maximum atomic E-state index is 14.6. The number of aliphatic hydroxyl groups excluding tert-OH is 1. The lowest BCUT2D eigenvalue weighted by Gasteiger charge is -2.47. The molecule has 0 radical (unpaired) electrons. The highest BCUT2D eigenvalue weighted by Crippen LogP contribution is 2.54. The van der Waals surface area contributed by atoms with E-state index < -0.39 is 57.3 Å². The molecule has 222 valence electrons. The van der Waals surface area contributed by atoms with Gasteiger partial charge in [0.2, 0.25) is 6.35 Å². The molecule has 1 aliphatic carbocycles. The number of benzene rings is 1. The number of hydrogen-bond donors (Lipinski definition) is 4. The fourth-order valence-corrected chi connectivity index (χ4v) is 7.36. The standard InChI is InChI=1S/C23H28Cl2F3N5O5S2/c1-3-39(36)17-5-4-13(24)6-12(17)8-33-20(34)15-7-22(2,23(26,27)28)16(18(25)19(15)30-21(33)35)11-32-9-14(10-32)31-40(29,37)38/h4-6,14,21,30-31,35H,3,7-11H2,1-2H3,(H2,29,37,38)/p+1. The van der Waals surface area contributed by atoms with E-state index in [0.29, 0.717) is 21.2 Å². The molecule has 2 heterocycles. The van der Waals surface area contributed by atoms with Crippen LogP contribution in [0.2, 0.25) is 5.02 Å². The van der Waals surface area contributed by atoms with Crippen molar-refractivity contribution in [1.29, 1.82) is 0 Å². The average molecular weight is 648 g/mol. The van der Waals surface area contributed by atoms with Crippen LogP contribution >= 0.6 is 23.2 Å². The summed E-state index contributed by atoms with van der Waals surface area (Å²) in [6, 6.07) is 4.05. The number of likely N-dealkylation sites (tertiary alicyclic amines) is 1. The van der Waals surface area contributed by atoms with Gasteiger partial charge in [-0.1, -0.05) is 23.2 Å². The SMILES string of the molecule is CC[SH+](=O)c1ccc(Cl)cc1CN1C(=O)C2=C(NC1O)C(Cl)=C(CN1CC(NS(N)(=O)=O)C1)C(C)(C(F)(F)F)C2. The number of nitrogens with one attached hydrogen (secondary N) is 2. The summed E-state index contributed by atoms with van der Waals surface area (Å²) in [6.45, 7) is 2.38. The molecule has 0 spiro atoms. The van der Waals surface area contributed by atoms with Crippen molar-refractivity contribution in [3.05, 3.63) is 50.7 Å². The first kappa shape index (κ1) is 31.2. The summed E-state index contributed by atoms with van der Waals surface area (Å²) in [5.74, 6) is -0.537. The lowest BCUT2D eigenvalue weighted by Crippen LogP contribution is -2.61. The number of nitrogens with two attached hydrogens (primary N) is 1. The smallest absolute Gasteiger partial charge is 0.356 e. The van der Waals surface area contributed by atoms with Crippen molar-refractivity contribution in [2.75, 3.05) is 25.4 Å². The monoisotopic (exact) mass is 646 g/mol. The molecule has 5 N–H and O–H groups in total. The Morgan fingerprint density at radius 3 is 2.50 bits per heavy atom. The normalized spacial score (nSPS) is 25.6. The molecule has 3 atom stereocenters. The van der Waals surface area contributed by atoms with Crippen LogP contribution in [0, 0.1) is 5.41 Å². The van der Waals surface area contributed by atoms with E-state index in [1.54, 1.807) is 24.0 Å². The Balaban J connectivity index is 1.66. The van der Waals surface area contributed by atoms with Crippen LogP contribution < -0.4 is 15.2 Å². The number of amides is 1. The van der Waals surface area contributed by atoms with E-state index >= 15 is 0 Å². The zero-order valence-corrected chi connectivity index (χ0v) is 24.6. The lowest BCUT2D eigenvalue weighted by molar-refractivity contribution is -0.206. The van der Waals surface area contributed by atoms with Gasteiger partial charge < -0.3 is 10.4 Å². The van der Waals surface area contributed by atoms with Crippen LogP contribution in [0.5, 0.6) is 0 Å². The Hall–Kier alpha value is -1.72. The molecule has 0 aromatic heterocycles. The van der Waals surface area contributed by atoms with Crippen LogP contribution in [0.25, 0.3) is 0 Å². The molecular formula is C23H29Cl2F3N5O5S2+. The minimum Gasteiger partial charge on any atom is -0.356 e. The fourth-order valence-electron chi connectivity index (χ4n) is 5.08. The summed E-state index contributed by atoms with van der Waals surface area (Å²) in [5.41, 5.74) is -2.70. The molecule has 0 bridgehead atoms. The van der Waals surface area contributed by atoms with Crippen molar-refractivity contribution in [3.63, 3.8) is 0 Å². The first-order valence-corrected chi connectivity index (χ1v) is 15.9. The average Bonchev–Trinajstić information content (AvgIpc) is 2.81. The van der Waals surface area contributed by atoms with E-state index in [2.05, 4.69) is 10.0 Å². The maximum Gasteiger partial charge on any atom is 0.398 e. The predicted molar refractivity (Wildman–Crippen MR) is 145 cm³/mol. The number of thiol groups is 1. The highest BCUT2D eigenvalue weighted by molar-refractivity contribution is 7.87. The number of alkyl halides is 3. The fraction of sp³-hybridized carbons (Fsp3) is 0.522. The lowest BCUT2D eigenvalue weighted by atomic mass is 9.71. The molecular weight excluding hydrogens is 618 g/mol. The van der Waals surface area contributed by atoms with Crippen molar-refractivity contribution in [1.82, 2.24) is 19.8 Å². The van der Waals surface area contributed by atoms with Gasteiger partial charge in [-0.2, -0.15) is 26.3 Å². The number of nitrogens with zero attached hydrogens (tertiary/aromatic N) is 2. The van der Waals surface area contributed by atoms with E-state index in [4.69, 9.17) is 28.3 Å². The predicted octanol–water partition coefficient (Wildman–Crippen LogP) is 1.82. The van der Waals surface area contributed by atoms with Gasteiger partial charge in [-0.05, 0) is 44.0 Å². The van der Waals surface area contributed by atoms with Crippen LogP contribution in [-0.2, 0) is 36.6 Å². The van der Waals surface area contributed by atoms with Gasteiger partial charge in [-0.15, -0.1) is 4.21 Å². The molecule has 2 aliphatic heterocycles. The second-order valence-electron chi connectivity index (χ2n) is 10.1. The molecule has 40 heavy (non-hydrogen) atoms. The number of carbonyl (C=O) groups is 1. The minimum absolute atomic E-state index is 0.0992. The quantitative estimate of drug-likeness (QED) is 0.249. The van der Waals surface area contributed by atoms with Gasteiger partial charge >= 0.3 is 6.18 Å². The Morgan fingerprint density at radius 1 is 1.27 bits per heavy atom. The molecule has 1 saturated heterocycles. The Morgan fingerprint density at radius 2 is 1.93 bits per heavy atom. The minimum atomic E-state index is -4.80. The number of halogens is 5. The Labute approximate surface area is 242 Å². The summed E-state index contributed by atoms with van der Waals surface area (Å²) in [7, 11) is -5.80. The van der Waals surface area contributed by atoms with Crippen LogP contribution in [0.3, 0.4) is 0 Å². The highest BCUT2D eigenvalue weighted by atomic mass is 35.5. The van der Waals surface area contributed by atoms with Gasteiger partial charge in [0.1, 0.15) is 16.6 Å². The van der Waals surface area contributed by atoms with Crippen molar-refractivity contribution in [2.24, 2.45) is 10.6 Å². The summed E-state index contributed by atoms with van der Waals surface area (Å²) in [6.07, 6.45) is -7.19. The molecule has 1 aromatic rings. The summed E-state index contributed by atoms with van der Waals surface area (Å²) in [4.78, 5) is 16.5. The van der Waals surface area contributed by atoms with E-state index in [0.717, 1.165) is 11.8 Å². The molecule has 3 aliphatic rings. The van der Waals surface area contributed by atoms with Gasteiger partial charge in [0.05, 0.1) is 22.7 Å². The highest BCUT2D eigenvalue weighted by Gasteiger charge is 2.58. The molecule has 17 heteroatoms. The van der Waals surface area contributed by atoms with Gasteiger partial charge in [0, 0.05) is 41.8 Å². The first-order chi connectivity index (χ1) is 18.4. The molecule has 1 fully saturated rings. The van der Waals surface area contributed by atoms with Crippen LogP contribution in [-0.4, -0.2) is 73.2 Å². The summed E-state index contributed by atoms with van der Waals surface area (Å²) < 4.78 is 80.9. The van der Waals surface area contributed by atoms with E-state index in [1.165, 1.54) is 6.07 Å². The zero-order chi connectivity index (χ0) is 29.8. The van der Waals surface area contributed by atoms with Crippen LogP contribution in [0.1, 0.15) is 25.8 Å². The topological polar surface area (TPSA) is 145 Å². The largest absolute Gasteiger partial charge is 0.398 e. The number of aliphatic hydroxyl groups is 1. The third-order valence-electron chi connectivity index (χ3n) is 7.30. The van der Waals surface area contributed by atoms with Gasteiger partial charge in [-0.3, -0.25) is 14.6 Å². The zero-order valence-electron chi connectivity index (χ0n) is 21.4. The molecule has 4 rings (SSSR count). The molecule has 0 saturated carbocycles. The van der Waals surface area contributed by atoms with E-state index in [1.807, 2.05) is 0 Å². The van der Waals surface area contributed by atoms with Crippen LogP contribution in [0.4, 0.5) is 13.2 Å². The number of allylic oxidation sites excluding steroid dienone is 1. The number of carbonyl (C=O) groups excluding carboxylic acids is 1. The summed E-state index contributed by atoms with van der Waals surface area (Å²) >= 11 is 12.6. The maximum absolute atomic E-state index is 14.6. The van der Waals surface area contributed by atoms with Crippen molar-refractivity contribution >= 4 is 50.1 Å². The Bertz CT molecular complexity index is 1420. The van der Waals surface area contributed by atoms with E-state index in [-0.39, 0.29) is 48.1 Å². The van der Waals surface area contributed by atoms with Crippen molar-refractivity contribution in [2.45, 2.75) is 50.3 Å². The first-order valence-electron chi connectivity index (χ1n) is 12.2. The van der Waals surface area contributed by atoms with Crippen molar-refractivity contribution < 1.29 is 35.7 Å². The molecule has 1 amide bonds. The number of rotatable bonds is 8. The Kier molecular flexibility index (Phi) is 8.72. The van der Waals surface area contributed by atoms with E-state index in [9.17, 15) is 35.7 Å². The van der Waals surface area contributed by atoms with Gasteiger partial charge in [0.15, 0.2) is 4.90 Å². The van der Waals surface area contributed by atoms with Gasteiger partial charge in [-0.25, -0.2) is 5.14 Å². The molecule has 3 unspecified atom stereocenters. The van der Waals surface area contributed by atoms with Crippen LogP contribution in [0.15, 0.2) is 45.0 Å². The summed E-state index contributed by atoms with van der Waals surface area (Å²) in [5, 5.41) is 18.4. The third kappa shape index (κ3) is 6.07.